The summed E-state index contributed by atoms with van der Waals surface area (Å²) in [6.07, 6.45) is 0.883. The van der Waals surface area contributed by atoms with E-state index in [4.69, 9.17) is 5.11 Å². The van der Waals surface area contributed by atoms with Gasteiger partial charge in [-0.1, -0.05) is 0 Å². The molecule has 5 heteroatoms. The molecule has 0 radical (unpaired) electrons. The van der Waals surface area contributed by atoms with Crippen LogP contribution in [-0.4, -0.2) is 45.4 Å². The summed E-state index contributed by atoms with van der Waals surface area (Å²) in [4.78, 5) is 13.8. The van der Waals surface area contributed by atoms with Gasteiger partial charge >= 0.3 is 0 Å². The van der Waals surface area contributed by atoms with E-state index in [-0.39, 0.29) is 18.4 Å². The topological polar surface area (TPSA) is 58.4 Å². The molecule has 16 heavy (non-hydrogen) atoms. The lowest BCUT2D eigenvalue weighted by Crippen LogP contribution is -2.29. The normalized spacial score (nSPS) is 20.4. The first-order valence-corrected chi connectivity index (χ1v) is 5.52. The maximum atomic E-state index is 12.0. The molecule has 1 aromatic heterocycles. The van der Waals surface area contributed by atoms with Gasteiger partial charge in [-0.15, -0.1) is 0 Å². The van der Waals surface area contributed by atoms with Gasteiger partial charge < -0.3 is 10.0 Å². The largest absolute Gasteiger partial charge is 0.396 e. The van der Waals surface area contributed by atoms with Crippen LogP contribution in [0.15, 0.2) is 6.07 Å². The summed E-state index contributed by atoms with van der Waals surface area (Å²) >= 11 is 0. The van der Waals surface area contributed by atoms with E-state index in [0.29, 0.717) is 12.2 Å². The maximum absolute atomic E-state index is 12.0. The summed E-state index contributed by atoms with van der Waals surface area (Å²) < 4.78 is 1.70. The van der Waals surface area contributed by atoms with E-state index >= 15 is 0 Å². The van der Waals surface area contributed by atoms with E-state index in [9.17, 15) is 4.79 Å². The fourth-order valence-corrected chi connectivity index (χ4v) is 1.99. The molecule has 88 valence electrons. The Hall–Kier alpha value is -1.36. The van der Waals surface area contributed by atoms with E-state index in [0.717, 1.165) is 18.7 Å². The molecule has 5 nitrogen and oxygen atoms in total. The molecule has 1 aliphatic rings. The number of aromatic nitrogens is 2. The number of aliphatic hydroxyl groups excluding tert-OH is 1. The number of carbonyl (C=O) groups is 1. The highest BCUT2D eigenvalue weighted by Crippen LogP contribution is 2.17. The minimum Gasteiger partial charge on any atom is -0.396 e. The first kappa shape index (κ1) is 11.1. The van der Waals surface area contributed by atoms with Crippen LogP contribution in [-0.2, 0) is 7.05 Å². The van der Waals surface area contributed by atoms with Gasteiger partial charge in [0.2, 0.25) is 0 Å². The number of nitrogens with zero attached hydrogens (tertiary/aromatic N) is 3. The minimum atomic E-state index is -0.0281. The second-order valence-corrected chi connectivity index (χ2v) is 4.38. The van der Waals surface area contributed by atoms with Crippen molar-refractivity contribution in [1.82, 2.24) is 14.7 Å². The fraction of sp³-hybridized carbons (Fsp3) is 0.636. The van der Waals surface area contributed by atoms with Gasteiger partial charge in [0, 0.05) is 38.4 Å². The SMILES string of the molecule is Cc1cc(C(=O)N2CCC(CO)C2)nn1C. The van der Waals surface area contributed by atoms with Gasteiger partial charge in [-0.05, 0) is 19.4 Å². The Kier molecular flexibility index (Phi) is 2.96. The zero-order chi connectivity index (χ0) is 11.7. The van der Waals surface area contributed by atoms with E-state index in [1.165, 1.54) is 0 Å². The summed E-state index contributed by atoms with van der Waals surface area (Å²) in [5, 5.41) is 13.2. The first-order chi connectivity index (χ1) is 7.61. The number of carbonyl (C=O) groups excluding carboxylic acids is 1. The quantitative estimate of drug-likeness (QED) is 0.778. The Bertz CT molecular complexity index is 380. The average Bonchev–Trinajstić information content (AvgIpc) is 2.86. The summed E-state index contributed by atoms with van der Waals surface area (Å²) in [5.74, 6) is 0.202. The molecule has 1 amide bonds. The summed E-state index contributed by atoms with van der Waals surface area (Å²) in [6.45, 7) is 3.44. The van der Waals surface area contributed by atoms with Crippen molar-refractivity contribution < 1.29 is 9.90 Å². The molecule has 1 fully saturated rings. The predicted molar refractivity (Wildman–Crippen MR) is 59.0 cm³/mol. The van der Waals surface area contributed by atoms with Crippen LogP contribution in [0, 0.1) is 12.8 Å². The lowest BCUT2D eigenvalue weighted by molar-refractivity contribution is 0.0775. The van der Waals surface area contributed by atoms with Crippen molar-refractivity contribution in [3.63, 3.8) is 0 Å². The van der Waals surface area contributed by atoms with Crippen molar-refractivity contribution >= 4 is 5.91 Å². The zero-order valence-electron chi connectivity index (χ0n) is 9.68. The third kappa shape index (κ3) is 1.95. The Balaban J connectivity index is 2.08. The highest BCUT2D eigenvalue weighted by Gasteiger charge is 2.27. The van der Waals surface area contributed by atoms with Crippen LogP contribution in [0.3, 0.4) is 0 Å². The number of rotatable bonds is 2. The molecule has 0 aromatic carbocycles. The van der Waals surface area contributed by atoms with Crippen LogP contribution >= 0.6 is 0 Å². The van der Waals surface area contributed by atoms with Crippen molar-refractivity contribution in [3.05, 3.63) is 17.5 Å². The van der Waals surface area contributed by atoms with Gasteiger partial charge in [-0.2, -0.15) is 5.10 Å². The lowest BCUT2D eigenvalue weighted by atomic mass is 10.1. The number of hydrogen-bond donors (Lipinski definition) is 1. The molecule has 0 spiro atoms. The predicted octanol–water partition coefficient (Wildman–Crippen LogP) is 0.183. The molecular formula is C11H17N3O2. The van der Waals surface area contributed by atoms with Crippen molar-refractivity contribution in [1.29, 1.82) is 0 Å². The van der Waals surface area contributed by atoms with Crippen molar-refractivity contribution in [3.8, 4) is 0 Å². The second kappa shape index (κ2) is 4.25. The molecular weight excluding hydrogens is 206 g/mol. The molecule has 1 N–H and O–H groups in total. The maximum Gasteiger partial charge on any atom is 0.274 e. The monoisotopic (exact) mass is 223 g/mol. The highest BCUT2D eigenvalue weighted by atomic mass is 16.3. The first-order valence-electron chi connectivity index (χ1n) is 5.52. The van der Waals surface area contributed by atoms with E-state index < -0.39 is 0 Å². The molecule has 2 rings (SSSR count). The van der Waals surface area contributed by atoms with Gasteiger partial charge in [-0.25, -0.2) is 0 Å². The molecule has 1 aromatic rings. The van der Waals surface area contributed by atoms with E-state index in [2.05, 4.69) is 5.10 Å². The number of aliphatic hydroxyl groups is 1. The van der Waals surface area contributed by atoms with Crippen LogP contribution in [0.4, 0.5) is 0 Å². The Morgan fingerprint density at radius 3 is 2.94 bits per heavy atom. The lowest BCUT2D eigenvalue weighted by Gasteiger charge is -2.14. The molecule has 1 unspecified atom stereocenters. The Morgan fingerprint density at radius 2 is 2.44 bits per heavy atom. The molecule has 1 saturated heterocycles. The molecule has 1 aliphatic heterocycles. The molecule has 1 atom stereocenters. The van der Waals surface area contributed by atoms with Crippen molar-refractivity contribution in [2.45, 2.75) is 13.3 Å². The van der Waals surface area contributed by atoms with Crippen LogP contribution < -0.4 is 0 Å². The summed E-state index contributed by atoms with van der Waals surface area (Å²) in [7, 11) is 1.83. The third-order valence-corrected chi connectivity index (χ3v) is 3.16. The molecule has 2 heterocycles. The van der Waals surface area contributed by atoms with Crippen LogP contribution in [0.25, 0.3) is 0 Å². The van der Waals surface area contributed by atoms with Crippen LogP contribution in [0.5, 0.6) is 0 Å². The molecule has 0 bridgehead atoms. The van der Waals surface area contributed by atoms with Gasteiger partial charge in [-0.3, -0.25) is 9.48 Å². The van der Waals surface area contributed by atoms with Gasteiger partial charge in [0.1, 0.15) is 0 Å². The highest BCUT2D eigenvalue weighted by molar-refractivity contribution is 5.92. The van der Waals surface area contributed by atoms with Crippen molar-refractivity contribution in [2.24, 2.45) is 13.0 Å². The van der Waals surface area contributed by atoms with Gasteiger partial charge in [0.25, 0.3) is 5.91 Å². The Labute approximate surface area is 94.7 Å². The zero-order valence-corrected chi connectivity index (χ0v) is 9.68. The summed E-state index contributed by atoms with van der Waals surface area (Å²) in [5.41, 5.74) is 1.47. The minimum absolute atomic E-state index is 0.0281. The van der Waals surface area contributed by atoms with Crippen LogP contribution in [0.1, 0.15) is 22.6 Å². The Morgan fingerprint density at radius 1 is 1.69 bits per heavy atom. The van der Waals surface area contributed by atoms with E-state index in [1.807, 2.05) is 14.0 Å². The number of amides is 1. The molecule has 0 saturated carbocycles. The van der Waals surface area contributed by atoms with E-state index in [1.54, 1.807) is 15.6 Å². The molecule has 0 aliphatic carbocycles. The van der Waals surface area contributed by atoms with Gasteiger partial charge in [0.05, 0.1) is 0 Å². The fourth-order valence-electron chi connectivity index (χ4n) is 1.99. The number of hydrogen-bond acceptors (Lipinski definition) is 3. The average molecular weight is 223 g/mol. The van der Waals surface area contributed by atoms with Crippen LogP contribution in [0.2, 0.25) is 0 Å². The van der Waals surface area contributed by atoms with Crippen molar-refractivity contribution in [2.75, 3.05) is 19.7 Å². The number of likely N-dealkylation sites (tertiary alicyclic amines) is 1. The smallest absolute Gasteiger partial charge is 0.274 e. The summed E-state index contributed by atoms with van der Waals surface area (Å²) in [6, 6.07) is 1.80. The third-order valence-electron chi connectivity index (χ3n) is 3.16. The standard InChI is InChI=1S/C11H17N3O2/c1-8-5-10(12-13(8)2)11(16)14-4-3-9(6-14)7-15/h5,9,15H,3-4,6-7H2,1-2H3. The second-order valence-electron chi connectivity index (χ2n) is 4.38. The van der Waals surface area contributed by atoms with Gasteiger partial charge in [0.15, 0.2) is 5.69 Å². The number of aryl methyl sites for hydroxylation is 2.